The molecule has 5 heteroatoms. The molecular formula is C28H31FN2O2. The zero-order valence-electron chi connectivity index (χ0n) is 19.4. The maximum absolute atomic E-state index is 13.7. The minimum absolute atomic E-state index is 0.0350. The Balaban J connectivity index is 1.65. The van der Waals surface area contributed by atoms with Crippen molar-refractivity contribution in [2.24, 2.45) is 0 Å². The summed E-state index contributed by atoms with van der Waals surface area (Å²) < 4.78 is 13.7. The second-order valence-corrected chi connectivity index (χ2v) is 9.13. The van der Waals surface area contributed by atoms with Crippen molar-refractivity contribution < 1.29 is 14.3 Å². The number of phenols is 1. The van der Waals surface area contributed by atoms with E-state index in [1.54, 1.807) is 25.1 Å². The fourth-order valence-electron chi connectivity index (χ4n) is 4.87. The first-order valence-corrected chi connectivity index (χ1v) is 11.5. The Hall–Kier alpha value is -3.02. The van der Waals surface area contributed by atoms with E-state index in [4.69, 9.17) is 0 Å². The molecule has 1 heterocycles. The van der Waals surface area contributed by atoms with Crippen LogP contribution in [0.5, 0.6) is 5.75 Å². The van der Waals surface area contributed by atoms with Crippen LogP contribution in [0, 0.1) is 5.82 Å². The van der Waals surface area contributed by atoms with E-state index < -0.39 is 0 Å². The van der Waals surface area contributed by atoms with Gasteiger partial charge >= 0.3 is 0 Å². The number of piperazine rings is 1. The van der Waals surface area contributed by atoms with Crippen LogP contribution in [-0.4, -0.2) is 45.9 Å². The van der Waals surface area contributed by atoms with Crippen molar-refractivity contribution in [3.8, 4) is 5.75 Å². The molecule has 1 unspecified atom stereocenters. The summed E-state index contributed by atoms with van der Waals surface area (Å²) in [5.74, 6) is 0.0552. The Bertz CT molecular complexity index is 1130. The highest BCUT2D eigenvalue weighted by Crippen LogP contribution is 2.35. The van der Waals surface area contributed by atoms with E-state index in [0.29, 0.717) is 12.1 Å². The van der Waals surface area contributed by atoms with Crippen LogP contribution in [0.25, 0.3) is 0 Å². The van der Waals surface area contributed by atoms with Gasteiger partial charge in [-0.15, -0.1) is 0 Å². The lowest BCUT2D eigenvalue weighted by molar-refractivity contribution is 0.0194. The summed E-state index contributed by atoms with van der Waals surface area (Å²) in [6.45, 7) is 8.32. The highest BCUT2D eigenvalue weighted by molar-refractivity contribution is 5.94. The van der Waals surface area contributed by atoms with Gasteiger partial charge in [0.25, 0.3) is 0 Å². The minimum atomic E-state index is -0.207. The van der Waals surface area contributed by atoms with E-state index in [1.807, 2.05) is 42.5 Å². The van der Waals surface area contributed by atoms with Gasteiger partial charge < -0.3 is 5.11 Å². The summed E-state index contributed by atoms with van der Waals surface area (Å²) in [6, 6.07) is 22.3. The number of carbonyl (C=O) groups is 1. The number of rotatable bonds is 6. The summed E-state index contributed by atoms with van der Waals surface area (Å²) >= 11 is 0. The van der Waals surface area contributed by atoms with Crippen molar-refractivity contribution in [2.45, 2.75) is 45.4 Å². The fraction of sp³-hybridized carbons (Fsp3) is 0.321. The van der Waals surface area contributed by atoms with Gasteiger partial charge in [0.05, 0.1) is 6.04 Å². The van der Waals surface area contributed by atoms with Gasteiger partial charge in [-0.2, -0.15) is 0 Å². The predicted octanol–water partition coefficient (Wildman–Crippen LogP) is 5.42. The molecule has 1 fully saturated rings. The number of ketones is 1. The van der Waals surface area contributed by atoms with Crippen molar-refractivity contribution in [3.63, 3.8) is 0 Å². The average Bonchev–Trinajstić information content (AvgIpc) is 2.77. The van der Waals surface area contributed by atoms with Gasteiger partial charge in [0, 0.05) is 37.3 Å². The Morgan fingerprint density at radius 2 is 1.67 bits per heavy atom. The van der Waals surface area contributed by atoms with Crippen molar-refractivity contribution in [1.29, 1.82) is 0 Å². The molecule has 4 rings (SSSR count). The molecule has 0 saturated carbocycles. The van der Waals surface area contributed by atoms with Gasteiger partial charge in [-0.25, -0.2) is 4.39 Å². The van der Waals surface area contributed by atoms with Crippen LogP contribution < -0.4 is 0 Å². The van der Waals surface area contributed by atoms with Crippen LogP contribution in [0.1, 0.15) is 53.9 Å². The van der Waals surface area contributed by atoms with E-state index in [2.05, 4.69) is 29.7 Å². The smallest absolute Gasteiger partial charge is 0.159 e. The maximum atomic E-state index is 13.7. The molecule has 0 bridgehead atoms. The third-order valence-corrected chi connectivity index (χ3v) is 6.56. The lowest BCUT2D eigenvalue weighted by Gasteiger charge is -2.47. The summed E-state index contributed by atoms with van der Waals surface area (Å²) in [5.41, 5.74) is 3.68. The topological polar surface area (TPSA) is 43.8 Å². The van der Waals surface area contributed by atoms with Gasteiger partial charge in [-0.1, -0.05) is 42.5 Å². The van der Waals surface area contributed by atoms with E-state index >= 15 is 0 Å². The second-order valence-electron chi connectivity index (χ2n) is 9.13. The standard InChI is InChI=1S/C28H31FN2O2/c1-19-17-31(20(2)16-30(19)18-22-7-4-11-26(29)13-22)28(25-10-6-12-27(33)15-25)24-9-5-8-23(14-24)21(3)32/h4-15,19-20,28,33H,16-18H2,1-3H3/t19-,20?,28-/m1/s1. The SMILES string of the molecule is CC(=O)c1cccc([C@H](c2cccc(O)c2)N2C[C@@H](C)N(Cc3cccc(F)c3)CC2C)c1. The zero-order chi connectivity index (χ0) is 23.5. The molecule has 1 aliphatic rings. The van der Waals surface area contributed by atoms with Crippen molar-refractivity contribution in [2.75, 3.05) is 13.1 Å². The van der Waals surface area contributed by atoms with Crippen LogP contribution in [-0.2, 0) is 6.54 Å². The molecule has 0 aromatic heterocycles. The monoisotopic (exact) mass is 446 g/mol. The summed E-state index contributed by atoms with van der Waals surface area (Å²) in [6.07, 6.45) is 0. The van der Waals surface area contributed by atoms with Gasteiger partial charge in [0.1, 0.15) is 11.6 Å². The van der Waals surface area contributed by atoms with Crippen LogP contribution in [0.2, 0.25) is 0 Å². The average molecular weight is 447 g/mol. The largest absolute Gasteiger partial charge is 0.508 e. The quantitative estimate of drug-likeness (QED) is 0.514. The number of nitrogens with zero attached hydrogens (tertiary/aromatic N) is 2. The summed E-state index contributed by atoms with van der Waals surface area (Å²) in [4.78, 5) is 16.9. The van der Waals surface area contributed by atoms with Gasteiger partial charge in [0.15, 0.2) is 5.78 Å². The normalized spacial score (nSPS) is 20.5. The highest BCUT2D eigenvalue weighted by Gasteiger charge is 2.35. The molecule has 1 aliphatic heterocycles. The lowest BCUT2D eigenvalue weighted by atomic mass is 9.92. The van der Waals surface area contributed by atoms with E-state index in [0.717, 1.165) is 29.8 Å². The molecule has 4 nitrogen and oxygen atoms in total. The first-order chi connectivity index (χ1) is 15.8. The number of hydrogen-bond donors (Lipinski definition) is 1. The number of Topliss-reactive ketones (excluding diaryl/α,β-unsaturated/α-hetero) is 1. The number of carbonyl (C=O) groups excluding carboxylic acids is 1. The minimum Gasteiger partial charge on any atom is -0.508 e. The Labute approximate surface area is 195 Å². The van der Waals surface area contributed by atoms with Crippen molar-refractivity contribution >= 4 is 5.78 Å². The molecule has 0 amide bonds. The van der Waals surface area contributed by atoms with Crippen LogP contribution in [0.3, 0.4) is 0 Å². The van der Waals surface area contributed by atoms with E-state index in [-0.39, 0.29) is 35.5 Å². The Morgan fingerprint density at radius 3 is 2.36 bits per heavy atom. The molecule has 1 saturated heterocycles. The molecule has 172 valence electrons. The molecule has 3 aromatic carbocycles. The molecular weight excluding hydrogens is 415 g/mol. The molecule has 0 radical (unpaired) electrons. The fourth-order valence-corrected chi connectivity index (χ4v) is 4.87. The predicted molar refractivity (Wildman–Crippen MR) is 129 cm³/mol. The van der Waals surface area contributed by atoms with E-state index in [1.165, 1.54) is 6.07 Å². The van der Waals surface area contributed by atoms with Gasteiger partial charge in [0.2, 0.25) is 0 Å². The first kappa shape index (κ1) is 23.1. The highest BCUT2D eigenvalue weighted by atomic mass is 19.1. The van der Waals surface area contributed by atoms with E-state index in [9.17, 15) is 14.3 Å². The summed E-state index contributed by atoms with van der Waals surface area (Å²) in [5, 5.41) is 10.2. The molecule has 1 N–H and O–H groups in total. The third kappa shape index (κ3) is 5.32. The van der Waals surface area contributed by atoms with Gasteiger partial charge in [-0.3, -0.25) is 14.6 Å². The van der Waals surface area contributed by atoms with Crippen LogP contribution in [0.15, 0.2) is 72.8 Å². The molecule has 3 atom stereocenters. The van der Waals surface area contributed by atoms with Crippen molar-refractivity contribution in [3.05, 3.63) is 101 Å². The number of phenolic OH excluding ortho intramolecular Hbond substituents is 1. The zero-order valence-corrected chi connectivity index (χ0v) is 19.4. The maximum Gasteiger partial charge on any atom is 0.159 e. The molecule has 0 spiro atoms. The number of aromatic hydroxyl groups is 1. The molecule has 33 heavy (non-hydrogen) atoms. The lowest BCUT2D eigenvalue weighted by Crippen LogP contribution is -2.56. The molecule has 0 aliphatic carbocycles. The third-order valence-electron chi connectivity index (χ3n) is 6.56. The van der Waals surface area contributed by atoms with Crippen molar-refractivity contribution in [1.82, 2.24) is 9.80 Å². The van der Waals surface area contributed by atoms with Gasteiger partial charge in [-0.05, 0) is 67.8 Å². The number of halogens is 1. The van der Waals surface area contributed by atoms with Crippen LogP contribution in [0.4, 0.5) is 4.39 Å². The Morgan fingerprint density at radius 1 is 0.970 bits per heavy atom. The number of hydrogen-bond acceptors (Lipinski definition) is 4. The Kier molecular flexibility index (Phi) is 6.91. The summed E-state index contributed by atoms with van der Waals surface area (Å²) in [7, 11) is 0. The second kappa shape index (κ2) is 9.86. The van der Waals surface area contributed by atoms with Crippen LogP contribution >= 0.6 is 0 Å². The first-order valence-electron chi connectivity index (χ1n) is 11.5. The number of benzene rings is 3. The molecule has 3 aromatic rings.